The molecular weight excluding hydrogens is 486 g/mol. The quantitative estimate of drug-likeness (QED) is 0.430. The highest BCUT2D eigenvalue weighted by atomic mass is 35.5. The molecule has 0 bridgehead atoms. The van der Waals surface area contributed by atoms with Gasteiger partial charge in [-0.05, 0) is 72.6 Å². The third kappa shape index (κ3) is 6.04. The Kier molecular flexibility index (Phi) is 7.89. The molecule has 0 unspecified atom stereocenters. The number of halogens is 1. The fraction of sp³-hybridized carbons (Fsp3) is 0.333. The second-order valence-corrected chi connectivity index (χ2v) is 10.3. The van der Waals surface area contributed by atoms with E-state index in [1.807, 2.05) is 48.7 Å². The van der Waals surface area contributed by atoms with Gasteiger partial charge in [0.2, 0.25) is 0 Å². The number of hydrogen-bond donors (Lipinski definition) is 3. The minimum absolute atomic E-state index is 0.418. The molecule has 1 aliphatic carbocycles. The molecule has 7 heteroatoms. The van der Waals surface area contributed by atoms with E-state index in [9.17, 15) is 15.0 Å². The minimum Gasteiger partial charge on any atom is -0.465 e. The number of carbonyl (C=O) groups is 1. The molecule has 2 heterocycles. The smallest absolute Gasteiger partial charge is 0.404 e. The summed E-state index contributed by atoms with van der Waals surface area (Å²) in [5.74, 6) is 0. The number of likely N-dealkylation sites (tertiary alicyclic amines) is 1. The van der Waals surface area contributed by atoms with Crippen LogP contribution in [0.1, 0.15) is 40.8 Å². The number of rotatable bonds is 6. The molecule has 37 heavy (non-hydrogen) atoms. The van der Waals surface area contributed by atoms with E-state index in [0.29, 0.717) is 13.0 Å². The number of nitrogens with one attached hydrogen (secondary N) is 1. The summed E-state index contributed by atoms with van der Waals surface area (Å²) in [4.78, 5) is 18.4. The van der Waals surface area contributed by atoms with E-state index in [1.54, 1.807) is 0 Å². The minimum atomic E-state index is -1.12. The van der Waals surface area contributed by atoms with Crippen molar-refractivity contribution < 1.29 is 15.0 Å². The highest BCUT2D eigenvalue weighted by Gasteiger charge is 2.28. The average molecular weight is 518 g/mol. The van der Waals surface area contributed by atoms with Crippen molar-refractivity contribution in [3.63, 3.8) is 0 Å². The Morgan fingerprint density at radius 1 is 1.00 bits per heavy atom. The molecule has 1 aliphatic heterocycles. The summed E-state index contributed by atoms with van der Waals surface area (Å²) in [5, 5.41) is 23.6. The number of aliphatic hydroxyl groups excluding tert-OH is 1. The Hall–Kier alpha value is -3.19. The van der Waals surface area contributed by atoms with Crippen LogP contribution in [-0.2, 0) is 19.3 Å². The molecule has 2 aliphatic rings. The molecule has 2 aromatic carbocycles. The van der Waals surface area contributed by atoms with E-state index in [4.69, 9.17) is 16.6 Å². The molecule has 3 aromatic rings. The number of amides is 1. The Morgan fingerprint density at radius 3 is 2.51 bits per heavy atom. The molecule has 0 spiro atoms. The molecule has 192 valence electrons. The van der Waals surface area contributed by atoms with Crippen molar-refractivity contribution in [1.82, 2.24) is 15.2 Å². The van der Waals surface area contributed by atoms with Gasteiger partial charge in [-0.1, -0.05) is 59.6 Å². The van der Waals surface area contributed by atoms with Crippen LogP contribution >= 0.6 is 11.6 Å². The number of pyridine rings is 1. The number of nitrogens with zero attached hydrogens (tertiary/aromatic N) is 2. The normalized spacial score (nSPS) is 17.4. The number of aryl methyl sites for hydroxylation is 2. The van der Waals surface area contributed by atoms with E-state index in [2.05, 4.69) is 28.4 Å². The fourth-order valence-corrected chi connectivity index (χ4v) is 5.79. The summed E-state index contributed by atoms with van der Waals surface area (Å²) in [6, 6.07) is 19.4. The number of piperidine rings is 1. The highest BCUT2D eigenvalue weighted by molar-refractivity contribution is 6.30. The topological polar surface area (TPSA) is 85.7 Å². The number of benzene rings is 2. The van der Waals surface area contributed by atoms with Crippen LogP contribution in [0.25, 0.3) is 5.57 Å². The van der Waals surface area contributed by atoms with Crippen LogP contribution in [0, 0.1) is 0 Å². The number of aromatic nitrogens is 1. The second-order valence-electron chi connectivity index (χ2n) is 9.90. The van der Waals surface area contributed by atoms with Crippen LogP contribution in [0.3, 0.4) is 0 Å². The first-order valence-corrected chi connectivity index (χ1v) is 13.2. The first-order valence-electron chi connectivity index (χ1n) is 12.9. The van der Waals surface area contributed by atoms with E-state index in [0.717, 1.165) is 55.1 Å². The van der Waals surface area contributed by atoms with E-state index in [1.165, 1.54) is 27.8 Å². The lowest BCUT2D eigenvalue weighted by molar-refractivity contribution is 0.0744. The first-order chi connectivity index (χ1) is 18.0. The molecular formula is C30H32ClN3O3. The van der Waals surface area contributed by atoms with Gasteiger partial charge in [-0.2, -0.15) is 0 Å². The van der Waals surface area contributed by atoms with Crippen LogP contribution in [0.5, 0.6) is 0 Å². The van der Waals surface area contributed by atoms with Gasteiger partial charge in [0, 0.05) is 36.4 Å². The molecule has 0 radical (unpaired) electrons. The van der Waals surface area contributed by atoms with Crippen molar-refractivity contribution >= 4 is 23.3 Å². The summed E-state index contributed by atoms with van der Waals surface area (Å²) in [7, 11) is 0. The van der Waals surface area contributed by atoms with E-state index >= 15 is 0 Å². The van der Waals surface area contributed by atoms with E-state index in [-0.39, 0.29) is 0 Å². The molecule has 1 fully saturated rings. The third-order valence-corrected chi connectivity index (χ3v) is 7.69. The molecule has 1 aromatic heterocycles. The summed E-state index contributed by atoms with van der Waals surface area (Å²) in [6.07, 6.45) is 3.99. The molecule has 1 saturated heterocycles. The van der Waals surface area contributed by atoms with Crippen molar-refractivity contribution in [2.75, 3.05) is 19.6 Å². The van der Waals surface area contributed by atoms with Crippen LogP contribution in [0.2, 0.25) is 5.02 Å². The molecule has 5 rings (SSSR count). The van der Waals surface area contributed by atoms with Gasteiger partial charge in [-0.25, -0.2) is 4.79 Å². The standard InChI is InChI=1S/C30H32ClN3O3/c31-24-10-11-25-23(18-24)9-8-22-7-4-14-32-29(22)28(25)21-12-15-34(16-13-21)19-27(35)26(33-30(36)37)17-20-5-2-1-3-6-20/h1-7,10-11,14,18,26-27,33,35H,8-9,12-13,15-17,19H2,(H,36,37)/t26-,27+/m0/s1. The van der Waals surface area contributed by atoms with Crippen LogP contribution in [-0.4, -0.2) is 58.0 Å². The summed E-state index contributed by atoms with van der Waals surface area (Å²) < 4.78 is 0. The van der Waals surface area contributed by atoms with Crippen LogP contribution < -0.4 is 5.32 Å². The van der Waals surface area contributed by atoms with Gasteiger partial charge in [0.05, 0.1) is 17.8 Å². The van der Waals surface area contributed by atoms with Gasteiger partial charge in [0.25, 0.3) is 0 Å². The van der Waals surface area contributed by atoms with Crippen molar-refractivity contribution in [3.8, 4) is 0 Å². The van der Waals surface area contributed by atoms with Gasteiger partial charge < -0.3 is 20.4 Å². The number of aliphatic hydroxyl groups is 1. The van der Waals surface area contributed by atoms with Gasteiger partial charge in [0.1, 0.15) is 0 Å². The number of hydrogen-bond acceptors (Lipinski definition) is 4. The number of fused-ring (bicyclic) bond motifs is 2. The first kappa shape index (κ1) is 25.5. The van der Waals surface area contributed by atoms with Crippen molar-refractivity contribution in [3.05, 3.63) is 105 Å². The van der Waals surface area contributed by atoms with Gasteiger partial charge in [-0.15, -0.1) is 0 Å². The Balaban J connectivity index is 1.34. The summed E-state index contributed by atoms with van der Waals surface area (Å²) >= 11 is 6.35. The maximum atomic E-state index is 11.4. The lowest BCUT2D eigenvalue weighted by Crippen LogP contribution is -2.50. The lowest BCUT2D eigenvalue weighted by atomic mass is 9.88. The van der Waals surface area contributed by atoms with Gasteiger partial charge >= 0.3 is 6.09 Å². The second kappa shape index (κ2) is 11.5. The average Bonchev–Trinajstić information content (AvgIpc) is 3.06. The summed E-state index contributed by atoms with van der Waals surface area (Å²) in [5.41, 5.74) is 8.41. The lowest BCUT2D eigenvalue weighted by Gasteiger charge is -2.33. The van der Waals surface area contributed by atoms with Crippen LogP contribution in [0.4, 0.5) is 4.79 Å². The molecule has 3 N–H and O–H groups in total. The Morgan fingerprint density at radius 2 is 1.76 bits per heavy atom. The van der Waals surface area contributed by atoms with Gasteiger partial charge in [0.15, 0.2) is 0 Å². The zero-order valence-corrected chi connectivity index (χ0v) is 21.5. The largest absolute Gasteiger partial charge is 0.465 e. The Labute approximate surface area is 222 Å². The predicted molar refractivity (Wildman–Crippen MR) is 146 cm³/mol. The van der Waals surface area contributed by atoms with Crippen molar-refractivity contribution in [1.29, 1.82) is 0 Å². The van der Waals surface area contributed by atoms with Crippen molar-refractivity contribution in [2.24, 2.45) is 0 Å². The van der Waals surface area contributed by atoms with Crippen LogP contribution in [0.15, 0.2) is 72.4 Å². The summed E-state index contributed by atoms with van der Waals surface area (Å²) in [6.45, 7) is 2.01. The highest BCUT2D eigenvalue weighted by Crippen LogP contribution is 2.38. The SMILES string of the molecule is O=C(O)N[C@@H](Cc1ccccc1)[C@H](O)CN1CCC(=C2c3ccc(Cl)cc3CCc3cccnc32)CC1. The van der Waals surface area contributed by atoms with Gasteiger partial charge in [-0.3, -0.25) is 4.98 Å². The molecule has 2 atom stereocenters. The zero-order chi connectivity index (χ0) is 25.8. The van der Waals surface area contributed by atoms with Crippen molar-refractivity contribution in [2.45, 2.75) is 44.2 Å². The number of carboxylic acid groups (broad SMARTS) is 1. The Bertz CT molecular complexity index is 1280. The third-order valence-electron chi connectivity index (χ3n) is 7.46. The zero-order valence-electron chi connectivity index (χ0n) is 20.7. The molecule has 0 saturated carbocycles. The van der Waals surface area contributed by atoms with E-state index < -0.39 is 18.2 Å². The molecule has 1 amide bonds. The predicted octanol–water partition coefficient (Wildman–Crippen LogP) is 4.97. The monoisotopic (exact) mass is 517 g/mol. The molecule has 6 nitrogen and oxygen atoms in total. The fourth-order valence-electron chi connectivity index (χ4n) is 5.59. The number of β-amino-alcohol motifs (C(OH)–C–C–N with tert-alkyl or cyclic N) is 1. The maximum Gasteiger partial charge on any atom is 0.404 e. The maximum absolute atomic E-state index is 11.4.